The predicted octanol–water partition coefficient (Wildman–Crippen LogP) is 11.6. The summed E-state index contributed by atoms with van der Waals surface area (Å²) in [6.45, 7) is 5.13. The van der Waals surface area contributed by atoms with Gasteiger partial charge in [0.2, 0.25) is 0 Å². The van der Waals surface area contributed by atoms with Gasteiger partial charge in [-0.25, -0.2) is 0 Å². The fraction of sp³-hybridized carbons (Fsp3) is 0.0588. The van der Waals surface area contributed by atoms with Crippen LogP contribution in [0.5, 0.6) is 0 Å². The maximum atomic E-state index is 2.57. The molecule has 1 atom stereocenters. The summed E-state index contributed by atoms with van der Waals surface area (Å²) in [5.74, 6) is 0. The molecule has 0 saturated carbocycles. The lowest BCUT2D eigenvalue weighted by molar-refractivity contribution is 0.732. The summed E-state index contributed by atoms with van der Waals surface area (Å²) in [7, 11) is -2.22. The smallest absolute Gasteiger partial charge is 0.113 e. The van der Waals surface area contributed by atoms with Gasteiger partial charge in [0, 0.05) is 10.8 Å². The Balaban J connectivity index is 1.15. The number of benzene rings is 8. The fourth-order valence-electron chi connectivity index (χ4n) is 10.0. The van der Waals surface area contributed by atoms with E-state index in [0.29, 0.717) is 0 Å². The average Bonchev–Trinajstić information content (AvgIpc) is 3.57. The number of para-hydroxylation sites is 3. The number of hydrogen-bond donors (Lipinski definition) is 0. The highest BCUT2D eigenvalue weighted by Crippen LogP contribution is 2.55. The van der Waals surface area contributed by atoms with Crippen LogP contribution < -0.4 is 10.4 Å². The standard InChI is InChI=1S/C51H37NSi/c1-53(2)48-25-11-8-20-43(48)51(42-19-7-10-24-47(42)52-46-23-9-6-16-40(46)41-18-13-21-44(51)49(41)52)45-22-12-17-39(50(45)53)38-32-30-37(31-33-38)36-28-26-35(27-29-36)34-14-4-3-5-15-34/h3-33H,1-2H3/t51-/m1/s1. The molecule has 2 aliphatic heterocycles. The third-order valence-electron chi connectivity index (χ3n) is 12.3. The molecule has 1 aromatic heterocycles. The Bertz CT molecular complexity index is 2900. The molecule has 0 fully saturated rings. The summed E-state index contributed by atoms with van der Waals surface area (Å²) in [6, 6.07) is 70.6. The van der Waals surface area contributed by atoms with Crippen LogP contribution >= 0.6 is 0 Å². The molecule has 9 aromatic rings. The molecule has 0 unspecified atom stereocenters. The maximum Gasteiger partial charge on any atom is 0.113 e. The second kappa shape index (κ2) is 11.1. The van der Waals surface area contributed by atoms with Crippen molar-refractivity contribution < 1.29 is 0 Å². The van der Waals surface area contributed by atoms with Crippen LogP contribution in [-0.2, 0) is 5.41 Å². The number of hydrogen-bond acceptors (Lipinski definition) is 0. The van der Waals surface area contributed by atoms with Gasteiger partial charge in [-0.2, -0.15) is 0 Å². The Hall–Kier alpha value is -6.22. The molecule has 2 heteroatoms. The average molecular weight is 692 g/mol. The van der Waals surface area contributed by atoms with Gasteiger partial charge in [0.05, 0.1) is 22.1 Å². The maximum absolute atomic E-state index is 2.57. The van der Waals surface area contributed by atoms with Crippen molar-refractivity contribution in [3.63, 3.8) is 0 Å². The third-order valence-corrected chi connectivity index (χ3v) is 15.8. The van der Waals surface area contributed by atoms with Crippen molar-refractivity contribution in [1.29, 1.82) is 0 Å². The number of aromatic nitrogens is 1. The van der Waals surface area contributed by atoms with Gasteiger partial charge in [-0.3, -0.25) is 0 Å². The Kier molecular flexibility index (Phi) is 6.39. The molecule has 0 saturated heterocycles. The summed E-state index contributed by atoms with van der Waals surface area (Å²) in [5, 5.41) is 5.68. The fourth-order valence-corrected chi connectivity index (χ4v) is 13.6. The molecule has 1 nitrogen and oxygen atoms in total. The lowest BCUT2D eigenvalue weighted by atomic mass is 9.62. The van der Waals surface area contributed by atoms with E-state index in [1.165, 1.54) is 93.5 Å². The van der Waals surface area contributed by atoms with Gasteiger partial charge < -0.3 is 4.57 Å². The second-order valence-electron chi connectivity index (χ2n) is 15.2. The van der Waals surface area contributed by atoms with E-state index < -0.39 is 13.5 Å². The van der Waals surface area contributed by atoms with Crippen molar-refractivity contribution >= 4 is 40.3 Å². The monoisotopic (exact) mass is 691 g/mol. The zero-order chi connectivity index (χ0) is 35.3. The Labute approximate surface area is 311 Å². The van der Waals surface area contributed by atoms with Gasteiger partial charge in [-0.15, -0.1) is 0 Å². The molecular formula is C51H37NSi. The molecule has 11 rings (SSSR count). The van der Waals surface area contributed by atoms with E-state index in [1.807, 2.05) is 0 Å². The van der Waals surface area contributed by atoms with Gasteiger partial charge in [0.25, 0.3) is 0 Å². The summed E-state index contributed by atoms with van der Waals surface area (Å²) in [6.07, 6.45) is 0. The van der Waals surface area contributed by atoms with E-state index in [1.54, 1.807) is 0 Å². The normalized spacial score (nSPS) is 16.3. The van der Waals surface area contributed by atoms with Crippen molar-refractivity contribution in [3.05, 3.63) is 210 Å². The van der Waals surface area contributed by atoms with E-state index in [0.717, 1.165) is 0 Å². The van der Waals surface area contributed by atoms with Crippen LogP contribution in [0.4, 0.5) is 0 Å². The molecule has 0 radical (unpaired) electrons. The lowest BCUT2D eigenvalue weighted by Crippen LogP contribution is -2.64. The molecule has 8 aromatic carbocycles. The molecular weight excluding hydrogens is 655 g/mol. The number of fused-ring (bicyclic) bond motifs is 11. The van der Waals surface area contributed by atoms with Gasteiger partial charge >= 0.3 is 0 Å². The first-order valence-electron chi connectivity index (χ1n) is 18.7. The van der Waals surface area contributed by atoms with Crippen molar-refractivity contribution in [2.75, 3.05) is 0 Å². The molecule has 3 heterocycles. The van der Waals surface area contributed by atoms with Crippen LogP contribution in [-0.4, -0.2) is 12.6 Å². The molecule has 2 aliphatic rings. The Morgan fingerprint density at radius 1 is 0.396 bits per heavy atom. The Morgan fingerprint density at radius 2 is 0.925 bits per heavy atom. The lowest BCUT2D eigenvalue weighted by Gasteiger charge is -2.50. The first-order chi connectivity index (χ1) is 26.1. The highest BCUT2D eigenvalue weighted by Gasteiger charge is 2.53. The van der Waals surface area contributed by atoms with E-state index in [9.17, 15) is 0 Å². The van der Waals surface area contributed by atoms with Gasteiger partial charge in [0.15, 0.2) is 0 Å². The van der Waals surface area contributed by atoms with Crippen LogP contribution in [0.15, 0.2) is 188 Å². The minimum Gasteiger partial charge on any atom is -0.309 e. The molecule has 0 N–H and O–H groups in total. The van der Waals surface area contributed by atoms with Crippen LogP contribution in [0.1, 0.15) is 22.3 Å². The molecule has 53 heavy (non-hydrogen) atoms. The quantitative estimate of drug-likeness (QED) is 0.163. The minimum absolute atomic E-state index is 0.467. The summed E-state index contributed by atoms with van der Waals surface area (Å²) >= 11 is 0. The molecule has 1 spiro atoms. The minimum atomic E-state index is -2.22. The van der Waals surface area contributed by atoms with Crippen LogP contribution in [0, 0.1) is 0 Å². The largest absolute Gasteiger partial charge is 0.309 e. The van der Waals surface area contributed by atoms with Crippen molar-refractivity contribution in [2.45, 2.75) is 18.5 Å². The molecule has 0 amide bonds. The second-order valence-corrected chi connectivity index (χ2v) is 19.5. The zero-order valence-corrected chi connectivity index (χ0v) is 30.8. The Morgan fingerprint density at radius 3 is 1.68 bits per heavy atom. The van der Waals surface area contributed by atoms with Crippen molar-refractivity contribution in [2.24, 2.45) is 0 Å². The third kappa shape index (κ3) is 4.07. The number of rotatable bonds is 3. The van der Waals surface area contributed by atoms with Crippen molar-refractivity contribution in [3.8, 4) is 39.1 Å². The highest BCUT2D eigenvalue weighted by molar-refractivity contribution is 7.02. The highest BCUT2D eigenvalue weighted by atomic mass is 28.3. The SMILES string of the molecule is C[Si]1(C)c2ccccc2[C@@]2(c3ccccc3-n3c4ccccc4c4cccc2c43)c2cccc(-c3ccc(-c4ccc(-c5ccccc5)cc4)cc3)c21. The van der Waals surface area contributed by atoms with Crippen molar-refractivity contribution in [1.82, 2.24) is 4.57 Å². The molecule has 250 valence electrons. The van der Waals surface area contributed by atoms with E-state index in [4.69, 9.17) is 0 Å². The first-order valence-corrected chi connectivity index (χ1v) is 21.7. The summed E-state index contributed by atoms with van der Waals surface area (Å²) in [4.78, 5) is 0. The topological polar surface area (TPSA) is 4.93 Å². The van der Waals surface area contributed by atoms with E-state index in [2.05, 4.69) is 206 Å². The molecule has 0 aliphatic carbocycles. The number of nitrogens with zero attached hydrogens (tertiary/aromatic N) is 1. The van der Waals surface area contributed by atoms with Crippen LogP contribution in [0.25, 0.3) is 60.9 Å². The zero-order valence-electron chi connectivity index (χ0n) is 29.8. The van der Waals surface area contributed by atoms with Crippen LogP contribution in [0.2, 0.25) is 13.1 Å². The summed E-state index contributed by atoms with van der Waals surface area (Å²) < 4.78 is 2.54. The van der Waals surface area contributed by atoms with Gasteiger partial charge in [-0.1, -0.05) is 189 Å². The molecule has 0 bridgehead atoms. The van der Waals surface area contributed by atoms with Gasteiger partial charge in [-0.05, 0) is 78.1 Å². The summed E-state index contributed by atoms with van der Waals surface area (Å²) in [5.41, 5.74) is 16.6. The van der Waals surface area contributed by atoms with Gasteiger partial charge in [0.1, 0.15) is 8.07 Å². The predicted molar refractivity (Wildman–Crippen MR) is 226 cm³/mol. The van der Waals surface area contributed by atoms with E-state index >= 15 is 0 Å². The van der Waals surface area contributed by atoms with E-state index in [-0.39, 0.29) is 0 Å². The first kappa shape index (κ1) is 30.4. The van der Waals surface area contributed by atoms with Crippen LogP contribution in [0.3, 0.4) is 0 Å².